The van der Waals surface area contributed by atoms with E-state index in [4.69, 9.17) is 23.2 Å². The number of nitrogens with two attached hydrogens (primary N) is 2. The number of hydrogen-bond acceptors (Lipinski definition) is 5. The Balaban J connectivity index is 1.77. The van der Waals surface area contributed by atoms with Gasteiger partial charge >= 0.3 is 6.18 Å². The molecule has 0 unspecified atom stereocenters. The first kappa shape index (κ1) is 24.0. The van der Waals surface area contributed by atoms with E-state index >= 15 is 0 Å². The van der Waals surface area contributed by atoms with E-state index in [1.165, 1.54) is 24.3 Å². The summed E-state index contributed by atoms with van der Waals surface area (Å²) in [6.45, 7) is 1.72. The second-order valence-electron chi connectivity index (χ2n) is 7.60. The number of nitrogen functional groups attached to an aromatic ring is 1. The number of rotatable bonds is 4. The molecule has 12 heteroatoms. The summed E-state index contributed by atoms with van der Waals surface area (Å²) in [6.07, 6.45) is -4.77. The van der Waals surface area contributed by atoms with Crippen LogP contribution in [-0.4, -0.2) is 21.8 Å². The van der Waals surface area contributed by atoms with Crippen LogP contribution in [0.15, 0.2) is 54.6 Å². The summed E-state index contributed by atoms with van der Waals surface area (Å²) in [5.74, 6) is 4.19. The van der Waals surface area contributed by atoms with Crippen LogP contribution in [0, 0.1) is 6.92 Å². The summed E-state index contributed by atoms with van der Waals surface area (Å²) < 4.78 is 40.3. The summed E-state index contributed by atoms with van der Waals surface area (Å²) in [6, 6.07) is 11.8. The number of aromatic nitrogens is 2. The van der Waals surface area contributed by atoms with Crippen molar-refractivity contribution in [2.75, 3.05) is 16.1 Å². The van der Waals surface area contributed by atoms with Crippen molar-refractivity contribution in [2.24, 2.45) is 5.84 Å². The van der Waals surface area contributed by atoms with E-state index in [0.717, 1.165) is 12.1 Å². The highest BCUT2D eigenvalue weighted by atomic mass is 35.5. The topological polar surface area (TPSA) is 130 Å². The molecule has 0 saturated heterocycles. The van der Waals surface area contributed by atoms with Crippen LogP contribution in [0.4, 0.5) is 30.5 Å². The van der Waals surface area contributed by atoms with Crippen LogP contribution < -0.4 is 21.9 Å². The number of alkyl halides is 3. The number of carbonyl (C=O) groups is 2. The van der Waals surface area contributed by atoms with Gasteiger partial charge in [0, 0.05) is 10.7 Å². The highest BCUT2D eigenvalue weighted by Gasteiger charge is 2.36. The molecule has 2 amide bonds. The van der Waals surface area contributed by atoms with Crippen molar-refractivity contribution in [3.8, 4) is 0 Å². The highest BCUT2D eigenvalue weighted by molar-refractivity contribution is 6.31. The van der Waals surface area contributed by atoms with Gasteiger partial charge in [0.05, 0.1) is 27.9 Å². The largest absolute Gasteiger partial charge is 0.417 e. The van der Waals surface area contributed by atoms with Crippen LogP contribution in [0.25, 0.3) is 11.0 Å². The second kappa shape index (κ2) is 8.93. The second-order valence-corrected chi connectivity index (χ2v) is 8.00. The summed E-state index contributed by atoms with van der Waals surface area (Å²) in [5, 5.41) is 3.68. The number of amides is 2. The fraction of sp³-hybridized carbons (Fsp3) is 0.0870. The number of nitrogens with one attached hydrogen (secondary N) is 2. The van der Waals surface area contributed by atoms with E-state index in [2.05, 4.69) is 15.3 Å². The van der Waals surface area contributed by atoms with Crippen LogP contribution >= 0.6 is 11.6 Å². The van der Waals surface area contributed by atoms with Crippen LogP contribution in [0.5, 0.6) is 0 Å². The standard InChI is InChI=1S/C23H18ClF3N6O2/c1-11-16(24)7-4-8-17(11)30-20(34)14-9-12(10-18-19(14)32-22(28)31-18)33(29)21(35)13-5-2-3-6-15(13)23(25,26)27/h2-10H,29H2,1H3,(H,30,34)(H3,28,31,32). The van der Waals surface area contributed by atoms with E-state index < -0.39 is 29.1 Å². The van der Waals surface area contributed by atoms with Gasteiger partial charge in [-0.1, -0.05) is 29.8 Å². The molecule has 35 heavy (non-hydrogen) atoms. The molecule has 180 valence electrons. The Bertz CT molecular complexity index is 1470. The molecule has 0 spiro atoms. The average molecular weight is 503 g/mol. The lowest BCUT2D eigenvalue weighted by Crippen LogP contribution is -2.38. The zero-order chi connectivity index (χ0) is 25.5. The van der Waals surface area contributed by atoms with Crippen molar-refractivity contribution in [2.45, 2.75) is 13.1 Å². The van der Waals surface area contributed by atoms with E-state index in [1.54, 1.807) is 25.1 Å². The zero-order valence-electron chi connectivity index (χ0n) is 18.1. The molecular formula is C23H18ClF3N6O2. The van der Waals surface area contributed by atoms with Gasteiger partial charge in [-0.05, 0) is 48.9 Å². The number of hydrazine groups is 1. The van der Waals surface area contributed by atoms with Crippen molar-refractivity contribution in [3.63, 3.8) is 0 Å². The molecule has 0 bridgehead atoms. The Morgan fingerprint density at radius 3 is 2.51 bits per heavy atom. The van der Waals surface area contributed by atoms with Crippen LogP contribution in [-0.2, 0) is 6.18 Å². The molecule has 0 atom stereocenters. The van der Waals surface area contributed by atoms with E-state index in [9.17, 15) is 22.8 Å². The number of aromatic amines is 1. The number of fused-ring (bicyclic) bond motifs is 1. The first-order valence-electron chi connectivity index (χ1n) is 10.1. The maximum absolute atomic E-state index is 13.4. The predicted octanol–water partition coefficient (Wildman–Crippen LogP) is 4.90. The average Bonchev–Trinajstić information content (AvgIpc) is 3.19. The molecule has 6 N–H and O–H groups in total. The van der Waals surface area contributed by atoms with Gasteiger partial charge in [-0.2, -0.15) is 13.2 Å². The Morgan fingerprint density at radius 2 is 1.80 bits per heavy atom. The molecular weight excluding hydrogens is 485 g/mol. The van der Waals surface area contributed by atoms with Crippen molar-refractivity contribution in [1.82, 2.24) is 9.97 Å². The number of H-pyrrole nitrogens is 1. The Kier molecular flexibility index (Phi) is 6.14. The number of carbonyl (C=O) groups excluding carboxylic acids is 2. The minimum atomic E-state index is -4.77. The van der Waals surface area contributed by atoms with Gasteiger partial charge in [0.1, 0.15) is 5.52 Å². The SMILES string of the molecule is Cc1c(Cl)cccc1NC(=O)c1cc(N(N)C(=O)c2ccccc2C(F)(F)F)cc2[nH]c(N)nc12. The fourth-order valence-electron chi connectivity index (χ4n) is 3.53. The third-order valence-corrected chi connectivity index (χ3v) is 5.72. The van der Waals surface area contributed by atoms with Crippen molar-refractivity contribution in [3.05, 3.63) is 81.9 Å². The van der Waals surface area contributed by atoms with Crippen molar-refractivity contribution >= 4 is 51.8 Å². The van der Waals surface area contributed by atoms with E-state index in [1.807, 2.05) is 0 Å². The van der Waals surface area contributed by atoms with Gasteiger partial charge in [-0.15, -0.1) is 0 Å². The minimum Gasteiger partial charge on any atom is -0.369 e. The third-order valence-electron chi connectivity index (χ3n) is 5.31. The highest BCUT2D eigenvalue weighted by Crippen LogP contribution is 2.33. The molecule has 0 aliphatic carbocycles. The fourth-order valence-corrected chi connectivity index (χ4v) is 3.70. The van der Waals surface area contributed by atoms with Gasteiger partial charge in [0.2, 0.25) is 0 Å². The Labute approximate surface area is 201 Å². The smallest absolute Gasteiger partial charge is 0.369 e. The molecule has 0 saturated carbocycles. The Hall–Kier alpha value is -4.09. The summed E-state index contributed by atoms with van der Waals surface area (Å²) in [5.41, 5.74) is 5.38. The first-order chi connectivity index (χ1) is 16.5. The number of hydrogen-bond donors (Lipinski definition) is 4. The summed E-state index contributed by atoms with van der Waals surface area (Å²) in [7, 11) is 0. The third kappa shape index (κ3) is 4.63. The van der Waals surface area contributed by atoms with E-state index in [0.29, 0.717) is 21.3 Å². The first-order valence-corrected chi connectivity index (χ1v) is 10.5. The maximum atomic E-state index is 13.4. The molecule has 1 aromatic heterocycles. The lowest BCUT2D eigenvalue weighted by atomic mass is 10.1. The molecule has 0 aliphatic rings. The molecule has 1 heterocycles. The Morgan fingerprint density at radius 1 is 1.09 bits per heavy atom. The number of anilines is 3. The molecule has 0 aliphatic heterocycles. The lowest BCUT2D eigenvalue weighted by molar-refractivity contribution is -0.137. The van der Waals surface area contributed by atoms with E-state index in [-0.39, 0.29) is 28.2 Å². The zero-order valence-corrected chi connectivity index (χ0v) is 18.8. The van der Waals surface area contributed by atoms with Gasteiger partial charge in [0.15, 0.2) is 5.95 Å². The maximum Gasteiger partial charge on any atom is 0.417 e. The lowest BCUT2D eigenvalue weighted by Gasteiger charge is -2.20. The number of imidazole rings is 1. The van der Waals surface area contributed by atoms with Gasteiger partial charge < -0.3 is 16.0 Å². The quantitative estimate of drug-likeness (QED) is 0.179. The molecule has 8 nitrogen and oxygen atoms in total. The minimum absolute atomic E-state index is 0.0116. The summed E-state index contributed by atoms with van der Waals surface area (Å²) in [4.78, 5) is 33.0. The number of benzene rings is 3. The van der Waals surface area contributed by atoms with Crippen molar-refractivity contribution < 1.29 is 22.8 Å². The molecule has 0 radical (unpaired) electrons. The monoisotopic (exact) mass is 502 g/mol. The molecule has 4 rings (SSSR count). The molecule has 4 aromatic rings. The summed E-state index contributed by atoms with van der Waals surface area (Å²) >= 11 is 6.12. The predicted molar refractivity (Wildman–Crippen MR) is 127 cm³/mol. The number of nitrogens with zero attached hydrogens (tertiary/aromatic N) is 2. The number of halogens is 4. The van der Waals surface area contributed by atoms with Gasteiger partial charge in [0.25, 0.3) is 11.8 Å². The van der Waals surface area contributed by atoms with Crippen LogP contribution in [0.2, 0.25) is 5.02 Å². The van der Waals surface area contributed by atoms with Crippen LogP contribution in [0.1, 0.15) is 31.8 Å². The molecule has 3 aromatic carbocycles. The van der Waals surface area contributed by atoms with Gasteiger partial charge in [-0.3, -0.25) is 9.59 Å². The molecule has 0 fully saturated rings. The van der Waals surface area contributed by atoms with Crippen molar-refractivity contribution in [1.29, 1.82) is 0 Å². The van der Waals surface area contributed by atoms with Crippen LogP contribution in [0.3, 0.4) is 0 Å². The van der Waals surface area contributed by atoms with Gasteiger partial charge in [-0.25, -0.2) is 15.8 Å². The normalized spacial score (nSPS) is 11.5.